The molecule has 0 aliphatic carbocycles. The summed E-state index contributed by atoms with van der Waals surface area (Å²) < 4.78 is 5.55. The number of rotatable bonds is 7. The van der Waals surface area contributed by atoms with Crippen molar-refractivity contribution in [3.8, 4) is 11.3 Å². The minimum atomic E-state index is -0.925. The van der Waals surface area contributed by atoms with Crippen LogP contribution in [0.25, 0.3) is 11.3 Å². The van der Waals surface area contributed by atoms with Crippen LogP contribution in [0.3, 0.4) is 0 Å². The maximum Gasteiger partial charge on any atom is 0.246 e. The quantitative estimate of drug-likeness (QED) is 0.789. The van der Waals surface area contributed by atoms with E-state index in [1.54, 1.807) is 4.90 Å². The largest absolute Gasteiger partial charge is 0.361 e. The van der Waals surface area contributed by atoms with Gasteiger partial charge in [-0.25, -0.2) is 0 Å². The number of benzene rings is 1. The van der Waals surface area contributed by atoms with Gasteiger partial charge in [0.25, 0.3) is 0 Å². The van der Waals surface area contributed by atoms with Gasteiger partial charge >= 0.3 is 0 Å². The molecule has 1 aliphatic heterocycles. The number of hydrogen-bond acceptors (Lipinski definition) is 5. The summed E-state index contributed by atoms with van der Waals surface area (Å²) in [6.45, 7) is 3.37. The predicted octanol–water partition coefficient (Wildman–Crippen LogP) is 1.94. The van der Waals surface area contributed by atoms with E-state index in [1.807, 2.05) is 55.4 Å². The lowest BCUT2D eigenvalue weighted by Crippen LogP contribution is -2.58. The molecule has 0 bridgehead atoms. The number of carbonyl (C=O) groups is 2. The lowest BCUT2D eigenvalue weighted by molar-refractivity contribution is -0.143. The fourth-order valence-electron chi connectivity index (χ4n) is 3.82. The Kier molecular flexibility index (Phi) is 6.14. The average Bonchev–Trinajstić information content (AvgIpc) is 3.30. The van der Waals surface area contributed by atoms with Crippen LogP contribution in [-0.4, -0.2) is 66.0 Å². The van der Waals surface area contributed by atoms with E-state index in [0.29, 0.717) is 31.7 Å². The summed E-state index contributed by atoms with van der Waals surface area (Å²) >= 11 is 0. The number of hydrogen-bond donors (Lipinski definition) is 1. The first kappa shape index (κ1) is 20.1. The van der Waals surface area contributed by atoms with Gasteiger partial charge in [-0.15, -0.1) is 0 Å². The van der Waals surface area contributed by atoms with Crippen molar-refractivity contribution in [1.82, 2.24) is 20.3 Å². The highest BCUT2D eigenvalue weighted by atomic mass is 16.5. The van der Waals surface area contributed by atoms with E-state index in [0.717, 1.165) is 24.2 Å². The number of likely N-dealkylation sites (tertiary alicyclic amines) is 1. The molecule has 150 valence electrons. The summed E-state index contributed by atoms with van der Waals surface area (Å²) in [5.41, 5.74) is 0.758. The normalized spacial score (nSPS) is 19.2. The maximum atomic E-state index is 13.2. The minimum absolute atomic E-state index is 0.0944. The Labute approximate surface area is 165 Å². The van der Waals surface area contributed by atoms with Crippen molar-refractivity contribution in [2.45, 2.75) is 31.7 Å². The monoisotopic (exact) mass is 384 g/mol. The van der Waals surface area contributed by atoms with Gasteiger partial charge in [0.1, 0.15) is 17.0 Å². The third kappa shape index (κ3) is 4.25. The van der Waals surface area contributed by atoms with E-state index in [1.165, 1.54) is 6.92 Å². The van der Waals surface area contributed by atoms with Crippen LogP contribution in [-0.2, 0) is 16.0 Å². The molecule has 0 radical (unpaired) electrons. The Morgan fingerprint density at radius 3 is 2.71 bits per heavy atom. The molecule has 1 fully saturated rings. The molecule has 2 amide bonds. The molecule has 0 spiro atoms. The third-order valence-corrected chi connectivity index (χ3v) is 5.23. The van der Waals surface area contributed by atoms with E-state index in [2.05, 4.69) is 10.5 Å². The van der Waals surface area contributed by atoms with E-state index in [-0.39, 0.29) is 11.8 Å². The van der Waals surface area contributed by atoms with Crippen LogP contribution >= 0.6 is 0 Å². The fraction of sp³-hybridized carbons (Fsp3) is 0.476. The lowest BCUT2D eigenvalue weighted by atomic mass is 9.89. The van der Waals surface area contributed by atoms with Gasteiger partial charge in [0.15, 0.2) is 0 Å². The number of nitrogens with one attached hydrogen (secondary N) is 1. The van der Waals surface area contributed by atoms with E-state index >= 15 is 0 Å². The molecule has 0 unspecified atom stereocenters. The van der Waals surface area contributed by atoms with Crippen molar-refractivity contribution in [2.24, 2.45) is 0 Å². The number of amides is 2. The van der Waals surface area contributed by atoms with Crippen LogP contribution < -0.4 is 5.32 Å². The second kappa shape index (κ2) is 8.56. The molecular weight excluding hydrogens is 356 g/mol. The van der Waals surface area contributed by atoms with Crippen LogP contribution in [0.2, 0.25) is 0 Å². The van der Waals surface area contributed by atoms with Crippen LogP contribution in [0.4, 0.5) is 0 Å². The van der Waals surface area contributed by atoms with E-state index in [4.69, 9.17) is 4.52 Å². The lowest BCUT2D eigenvalue weighted by Gasteiger charge is -2.36. The van der Waals surface area contributed by atoms with Gasteiger partial charge in [0.2, 0.25) is 11.8 Å². The molecule has 1 N–H and O–H groups in total. The first-order chi connectivity index (χ1) is 13.4. The average molecular weight is 384 g/mol. The molecule has 2 heterocycles. The van der Waals surface area contributed by atoms with Crippen molar-refractivity contribution in [3.63, 3.8) is 0 Å². The minimum Gasteiger partial charge on any atom is -0.361 e. The van der Waals surface area contributed by atoms with Crippen molar-refractivity contribution < 1.29 is 14.1 Å². The summed E-state index contributed by atoms with van der Waals surface area (Å²) in [6, 6.07) is 11.6. The molecule has 1 aliphatic rings. The van der Waals surface area contributed by atoms with Gasteiger partial charge in [-0.2, -0.15) is 0 Å². The highest BCUT2D eigenvalue weighted by Gasteiger charge is 2.49. The van der Waals surface area contributed by atoms with Crippen LogP contribution in [0.1, 0.15) is 25.5 Å². The first-order valence-electron chi connectivity index (χ1n) is 9.64. The summed E-state index contributed by atoms with van der Waals surface area (Å²) in [7, 11) is 3.91. The molecule has 7 nitrogen and oxygen atoms in total. The van der Waals surface area contributed by atoms with Gasteiger partial charge < -0.3 is 19.6 Å². The Hall–Kier alpha value is -2.67. The van der Waals surface area contributed by atoms with Crippen molar-refractivity contribution in [3.05, 3.63) is 42.2 Å². The molecular formula is C21H28N4O3. The molecule has 1 aromatic heterocycles. The number of carbonyl (C=O) groups excluding carboxylic acids is 2. The van der Waals surface area contributed by atoms with E-state index < -0.39 is 5.54 Å². The highest BCUT2D eigenvalue weighted by molar-refractivity contribution is 5.91. The molecule has 28 heavy (non-hydrogen) atoms. The van der Waals surface area contributed by atoms with Gasteiger partial charge in [0, 0.05) is 44.6 Å². The SMILES string of the molecule is CC(=O)N1CCC[C@]1(Cc1cc(-c2ccccc2)no1)C(=O)NCCN(C)C. The molecule has 0 saturated carbocycles. The first-order valence-corrected chi connectivity index (χ1v) is 9.64. The Balaban J connectivity index is 1.83. The van der Waals surface area contributed by atoms with Gasteiger partial charge in [-0.05, 0) is 26.9 Å². The summed E-state index contributed by atoms with van der Waals surface area (Å²) in [4.78, 5) is 29.1. The van der Waals surface area contributed by atoms with Crippen molar-refractivity contribution in [2.75, 3.05) is 33.7 Å². The zero-order chi connectivity index (χ0) is 20.1. The number of nitrogens with zero attached hydrogens (tertiary/aromatic N) is 3. The fourth-order valence-corrected chi connectivity index (χ4v) is 3.82. The van der Waals surface area contributed by atoms with Gasteiger partial charge in [0.05, 0.1) is 0 Å². The van der Waals surface area contributed by atoms with Crippen LogP contribution in [0.15, 0.2) is 40.9 Å². The highest BCUT2D eigenvalue weighted by Crippen LogP contribution is 2.34. The Bertz CT molecular complexity index is 818. The Morgan fingerprint density at radius 2 is 2.04 bits per heavy atom. The molecule has 1 aromatic carbocycles. The van der Waals surface area contributed by atoms with Crippen LogP contribution in [0.5, 0.6) is 0 Å². The van der Waals surface area contributed by atoms with Crippen molar-refractivity contribution in [1.29, 1.82) is 0 Å². The molecule has 1 atom stereocenters. The van der Waals surface area contributed by atoms with E-state index in [9.17, 15) is 9.59 Å². The van der Waals surface area contributed by atoms with Gasteiger partial charge in [-0.1, -0.05) is 35.5 Å². The number of aromatic nitrogens is 1. The standard InChI is InChI=1S/C21H28N4O3/c1-16(26)25-12-7-10-21(25,20(27)22-11-13-24(2)3)15-18-14-19(23-28-18)17-8-5-4-6-9-17/h4-6,8-9,14H,7,10-13,15H2,1-3H3,(H,22,27)/t21-/m0/s1. The third-order valence-electron chi connectivity index (χ3n) is 5.23. The van der Waals surface area contributed by atoms with Gasteiger partial charge in [-0.3, -0.25) is 9.59 Å². The number of likely N-dealkylation sites (N-methyl/N-ethyl adjacent to an activating group) is 1. The molecule has 2 aromatic rings. The summed E-state index contributed by atoms with van der Waals surface area (Å²) in [5, 5.41) is 7.16. The smallest absolute Gasteiger partial charge is 0.246 e. The maximum absolute atomic E-state index is 13.2. The molecule has 1 saturated heterocycles. The zero-order valence-electron chi connectivity index (χ0n) is 16.8. The summed E-state index contributed by atoms with van der Waals surface area (Å²) in [5.74, 6) is 0.387. The molecule has 7 heteroatoms. The Morgan fingerprint density at radius 1 is 1.29 bits per heavy atom. The van der Waals surface area contributed by atoms with Crippen LogP contribution in [0, 0.1) is 0 Å². The predicted molar refractivity (Wildman–Crippen MR) is 107 cm³/mol. The second-order valence-corrected chi connectivity index (χ2v) is 7.59. The zero-order valence-corrected chi connectivity index (χ0v) is 16.8. The molecule has 3 rings (SSSR count). The topological polar surface area (TPSA) is 78.7 Å². The summed E-state index contributed by atoms with van der Waals surface area (Å²) in [6.07, 6.45) is 1.72. The van der Waals surface area contributed by atoms with Crippen molar-refractivity contribution >= 4 is 11.8 Å². The second-order valence-electron chi connectivity index (χ2n) is 7.59.